The number of benzene rings is 2. The lowest BCUT2D eigenvalue weighted by Crippen LogP contribution is -2.47. The Bertz CT molecular complexity index is 1690. The number of ketones is 1. The van der Waals surface area contributed by atoms with E-state index in [9.17, 15) is 50.7 Å². The molecule has 0 unspecified atom stereocenters. The Morgan fingerprint density at radius 2 is 1.80 bits per heavy atom. The first-order valence-corrected chi connectivity index (χ1v) is 15.5. The van der Waals surface area contributed by atoms with Crippen LogP contribution >= 0.6 is 19.2 Å². The fourth-order valence-electron chi connectivity index (χ4n) is 5.50. The van der Waals surface area contributed by atoms with E-state index in [1.165, 1.54) is 32.0 Å². The van der Waals surface area contributed by atoms with E-state index in [1.807, 2.05) is 0 Å². The van der Waals surface area contributed by atoms with Crippen molar-refractivity contribution in [2.75, 3.05) is 6.54 Å². The molecular formula is C28H28ClF5N3O6P. The summed E-state index contributed by atoms with van der Waals surface area (Å²) >= 11 is 5.76. The van der Waals surface area contributed by atoms with Crippen molar-refractivity contribution in [1.82, 2.24) is 14.8 Å². The molecule has 238 valence electrons. The van der Waals surface area contributed by atoms with E-state index >= 15 is 0 Å². The lowest BCUT2D eigenvalue weighted by molar-refractivity contribution is -0.139. The lowest BCUT2D eigenvalue weighted by Gasteiger charge is -2.25. The van der Waals surface area contributed by atoms with Crippen molar-refractivity contribution < 1.29 is 50.7 Å². The van der Waals surface area contributed by atoms with Crippen molar-refractivity contribution in [1.29, 1.82) is 0 Å². The fourth-order valence-corrected chi connectivity index (χ4v) is 6.31. The summed E-state index contributed by atoms with van der Waals surface area (Å²) in [6.45, 7) is 1.36. The van der Waals surface area contributed by atoms with Crippen LogP contribution in [0.25, 0.3) is 10.9 Å². The predicted molar refractivity (Wildman–Crippen MR) is 151 cm³/mol. The predicted octanol–water partition coefficient (Wildman–Crippen LogP) is 4.36. The van der Waals surface area contributed by atoms with Crippen LogP contribution in [0.2, 0.25) is 5.02 Å². The van der Waals surface area contributed by atoms with Gasteiger partial charge >= 0.3 is 13.8 Å². The Morgan fingerprint density at radius 3 is 2.39 bits per heavy atom. The molecule has 3 N–H and O–H groups in total. The molecule has 16 heteroatoms. The van der Waals surface area contributed by atoms with Crippen molar-refractivity contribution in [3.05, 3.63) is 63.6 Å². The van der Waals surface area contributed by atoms with Gasteiger partial charge in [0.2, 0.25) is 11.8 Å². The highest BCUT2D eigenvalue weighted by molar-refractivity contribution is 7.60. The molecule has 1 aliphatic heterocycles. The van der Waals surface area contributed by atoms with Crippen LogP contribution in [0.5, 0.6) is 0 Å². The van der Waals surface area contributed by atoms with E-state index < -0.39 is 79.8 Å². The molecule has 0 bridgehead atoms. The second kappa shape index (κ2) is 12.6. The fraction of sp³-hybridized carbons (Fsp3) is 0.393. The van der Waals surface area contributed by atoms with Gasteiger partial charge in [0.15, 0.2) is 0 Å². The molecule has 1 aromatic heterocycles. The third-order valence-electron chi connectivity index (χ3n) is 7.53. The normalized spacial score (nSPS) is 17.4. The van der Waals surface area contributed by atoms with Crippen LogP contribution in [0, 0.1) is 5.82 Å². The van der Waals surface area contributed by atoms with Gasteiger partial charge in [-0.25, -0.2) is 8.78 Å². The molecule has 0 radical (unpaired) electrons. The minimum Gasteiger partial charge on any atom is -0.350 e. The quantitative estimate of drug-likeness (QED) is 0.177. The average Bonchev–Trinajstić information content (AvgIpc) is 3.49. The van der Waals surface area contributed by atoms with Gasteiger partial charge in [0, 0.05) is 29.6 Å². The smallest absolute Gasteiger partial charge is 0.350 e. The highest BCUT2D eigenvalue weighted by atomic mass is 35.5. The van der Waals surface area contributed by atoms with Gasteiger partial charge in [0.05, 0.1) is 28.0 Å². The number of amides is 2. The molecule has 4 rings (SSSR count). The molecule has 2 heterocycles. The maximum Gasteiger partial charge on any atom is 0.454 e. The number of rotatable bonds is 9. The van der Waals surface area contributed by atoms with E-state index in [0.29, 0.717) is 0 Å². The number of aromatic nitrogens is 1. The molecule has 44 heavy (non-hydrogen) atoms. The van der Waals surface area contributed by atoms with Gasteiger partial charge in [-0.05, 0) is 36.6 Å². The summed E-state index contributed by atoms with van der Waals surface area (Å²) in [5.41, 5.74) is -1.08. The zero-order valence-electron chi connectivity index (χ0n) is 23.4. The molecule has 9 nitrogen and oxygen atoms in total. The minimum absolute atomic E-state index is 0.00524. The van der Waals surface area contributed by atoms with Gasteiger partial charge in [-0.2, -0.15) is 13.2 Å². The molecule has 1 aliphatic rings. The highest BCUT2D eigenvalue weighted by Gasteiger charge is 2.44. The minimum atomic E-state index is -5.30. The van der Waals surface area contributed by atoms with E-state index in [4.69, 9.17) is 11.6 Å². The van der Waals surface area contributed by atoms with Crippen LogP contribution in [-0.2, 0) is 40.1 Å². The first-order valence-electron chi connectivity index (χ1n) is 13.5. The number of hydrogen-bond acceptors (Lipinski definition) is 4. The van der Waals surface area contributed by atoms with Gasteiger partial charge in [0.1, 0.15) is 24.6 Å². The Balaban J connectivity index is 1.75. The topological polar surface area (TPSA) is 129 Å². The first-order chi connectivity index (χ1) is 20.5. The van der Waals surface area contributed by atoms with Crippen LogP contribution < -0.4 is 10.6 Å². The van der Waals surface area contributed by atoms with Crippen molar-refractivity contribution >= 4 is 53.0 Å². The van der Waals surface area contributed by atoms with Crippen LogP contribution in [0.4, 0.5) is 22.0 Å². The van der Waals surface area contributed by atoms with Crippen LogP contribution in [0.3, 0.4) is 0 Å². The third kappa shape index (κ3) is 6.53. The Kier molecular flexibility index (Phi) is 9.60. The second-order valence-corrected chi connectivity index (χ2v) is 12.3. The zero-order chi connectivity index (χ0) is 32.7. The van der Waals surface area contributed by atoms with E-state index in [1.54, 1.807) is 0 Å². The number of carbonyl (C=O) groups is 3. The number of fused-ring (bicyclic) bond motifs is 1. The number of likely N-dealkylation sites (tertiary alicyclic amines) is 1. The molecular weight excluding hydrogens is 636 g/mol. The standard InChI is InChI=1S/C28H28ClF5N3O6P/c1-3-14-8-17(44(41,42)43)10-20-23(14)24(26(39)28(32,33)34)19(4-2)36(20)13-22(38)37-12-16(30)9-21(37)27(40)35-11-15-6-5-7-18(29)25(15)31/h5-8,10,16,21H,3-4,9,11-13H2,1-2H3,(H,35,40)(H2,41,42,43)/t16-,21+/m1/s1. The van der Waals surface area contributed by atoms with Gasteiger partial charge in [-0.15, -0.1) is 0 Å². The number of aryl methyl sites for hydroxylation is 1. The molecule has 2 atom stereocenters. The van der Waals surface area contributed by atoms with Gasteiger partial charge < -0.3 is 24.6 Å². The van der Waals surface area contributed by atoms with Crippen LogP contribution in [0.15, 0.2) is 30.3 Å². The maximum absolute atomic E-state index is 14.6. The number of alkyl halides is 4. The Labute approximate surface area is 253 Å². The van der Waals surface area contributed by atoms with Gasteiger partial charge in [-0.1, -0.05) is 37.6 Å². The molecule has 3 aromatic rings. The van der Waals surface area contributed by atoms with Gasteiger partial charge in [0.25, 0.3) is 5.78 Å². The molecule has 2 aromatic carbocycles. The summed E-state index contributed by atoms with van der Waals surface area (Å²) in [5.74, 6) is -4.67. The third-order valence-corrected chi connectivity index (χ3v) is 8.75. The van der Waals surface area contributed by atoms with E-state index in [2.05, 4.69) is 5.32 Å². The summed E-state index contributed by atoms with van der Waals surface area (Å²) in [7, 11) is -4.93. The number of nitrogens with zero attached hydrogens (tertiary/aromatic N) is 2. The number of Topliss-reactive ketones (excluding diaryl/α,β-unsaturated/α-hetero) is 1. The van der Waals surface area contributed by atoms with Crippen molar-refractivity contribution in [2.45, 2.75) is 64.6 Å². The summed E-state index contributed by atoms with van der Waals surface area (Å²) in [6, 6.07) is 4.75. The summed E-state index contributed by atoms with van der Waals surface area (Å²) in [6.07, 6.45) is -7.52. The van der Waals surface area contributed by atoms with Gasteiger partial charge in [-0.3, -0.25) is 18.9 Å². The lowest BCUT2D eigenvalue weighted by atomic mass is 9.99. The Hall–Kier alpha value is -3.32. The monoisotopic (exact) mass is 663 g/mol. The highest BCUT2D eigenvalue weighted by Crippen LogP contribution is 2.39. The van der Waals surface area contributed by atoms with Crippen molar-refractivity contribution in [2.24, 2.45) is 0 Å². The molecule has 0 aliphatic carbocycles. The van der Waals surface area contributed by atoms with Crippen LogP contribution in [0.1, 0.15) is 47.4 Å². The SMILES string of the molecule is CCc1cc(P(=O)(O)O)cc2c1c(C(=O)C(F)(F)F)c(CC)n2CC(=O)N1C[C@H](F)C[C@H]1C(=O)NCc1cccc(Cl)c1F. The van der Waals surface area contributed by atoms with E-state index in [0.717, 1.165) is 21.6 Å². The number of carbonyl (C=O) groups excluding carboxylic acids is 3. The molecule has 0 spiro atoms. The number of nitrogens with one attached hydrogen (secondary N) is 1. The number of hydrogen-bond donors (Lipinski definition) is 3. The van der Waals surface area contributed by atoms with Crippen molar-refractivity contribution in [3.8, 4) is 0 Å². The van der Waals surface area contributed by atoms with Crippen molar-refractivity contribution in [3.63, 3.8) is 0 Å². The average molecular weight is 664 g/mol. The molecule has 0 saturated carbocycles. The molecule has 2 amide bonds. The summed E-state index contributed by atoms with van der Waals surface area (Å²) in [4.78, 5) is 59.8. The molecule has 1 saturated heterocycles. The maximum atomic E-state index is 14.6. The number of halogens is 6. The molecule has 1 fully saturated rings. The second-order valence-electron chi connectivity index (χ2n) is 10.3. The van der Waals surface area contributed by atoms with Crippen LogP contribution in [-0.4, -0.2) is 61.8 Å². The van der Waals surface area contributed by atoms with E-state index in [-0.39, 0.29) is 52.1 Å². The first kappa shape index (κ1) is 33.6. The summed E-state index contributed by atoms with van der Waals surface area (Å²) < 4.78 is 83.3. The largest absolute Gasteiger partial charge is 0.454 e. The Morgan fingerprint density at radius 1 is 1.11 bits per heavy atom. The summed E-state index contributed by atoms with van der Waals surface area (Å²) in [5, 5.41) is 1.52. The zero-order valence-corrected chi connectivity index (χ0v) is 25.1.